The van der Waals surface area contributed by atoms with Crippen LogP contribution in [0.25, 0.3) is 0 Å². The molecule has 5 heteroatoms. The van der Waals surface area contributed by atoms with E-state index >= 15 is 0 Å². The van der Waals surface area contributed by atoms with E-state index in [1.165, 1.54) is 0 Å². The van der Waals surface area contributed by atoms with E-state index in [9.17, 15) is 4.79 Å². The first-order valence-corrected chi connectivity index (χ1v) is 6.64. The summed E-state index contributed by atoms with van der Waals surface area (Å²) in [6.45, 7) is 0.419. The molecule has 0 fully saturated rings. The van der Waals surface area contributed by atoms with Gasteiger partial charge >= 0.3 is 6.09 Å². The fraction of sp³-hybridized carbons (Fsp3) is 0.125. The number of rotatable bonds is 1. The molecule has 0 saturated heterocycles. The van der Waals surface area contributed by atoms with Crippen LogP contribution < -0.4 is 9.64 Å². The molecule has 0 atom stereocenters. The highest BCUT2D eigenvalue weighted by Gasteiger charge is 2.27. The number of hydrogen-bond acceptors (Lipinski definition) is 4. The highest BCUT2D eigenvalue weighted by molar-refractivity contribution is 6.10. The number of ether oxygens (including phenoxy) is 1. The highest BCUT2D eigenvalue weighted by atomic mass is 16.6. The number of anilines is 1. The molecule has 2 aromatic carbocycles. The molecule has 3 rings (SSSR count). The third-order valence-electron chi connectivity index (χ3n) is 3.37. The largest absolute Gasteiger partial charge is 0.419 e. The van der Waals surface area contributed by atoms with Crippen LogP contribution in [0, 0.1) is 0 Å². The number of hydrogen-bond donors (Lipinski definition) is 1. The quantitative estimate of drug-likeness (QED) is 0.645. The van der Waals surface area contributed by atoms with Crippen LogP contribution in [-0.2, 0) is 0 Å². The summed E-state index contributed by atoms with van der Waals surface area (Å²) < 4.78 is 5.36. The Balaban J connectivity index is 1.88. The average Bonchev–Trinajstić information content (AvgIpc) is 2.54. The summed E-state index contributed by atoms with van der Waals surface area (Å²) in [5, 5.41) is 12.4. The number of nitrogens with zero attached hydrogens (tertiary/aromatic N) is 2. The maximum absolute atomic E-state index is 12.3. The van der Waals surface area contributed by atoms with Crippen LogP contribution in [0.3, 0.4) is 0 Å². The standard InChI is InChI=1S/C16H14N2O3/c19-16(21-12-6-2-1-3-7-12)18-11-10-14(17-20)13-8-4-5-9-15(13)18/h1-9,20H,10-11H2. The zero-order valence-corrected chi connectivity index (χ0v) is 11.3. The van der Waals surface area contributed by atoms with Crippen molar-refractivity contribution in [3.05, 3.63) is 60.2 Å². The first-order valence-electron chi connectivity index (χ1n) is 6.64. The third kappa shape index (κ3) is 2.58. The maximum Gasteiger partial charge on any atom is 0.419 e. The molecule has 0 radical (unpaired) electrons. The lowest BCUT2D eigenvalue weighted by Gasteiger charge is -2.28. The van der Waals surface area contributed by atoms with Crippen LogP contribution in [0.4, 0.5) is 10.5 Å². The van der Waals surface area contributed by atoms with Gasteiger partial charge in [0.2, 0.25) is 0 Å². The van der Waals surface area contributed by atoms with Crippen LogP contribution in [0.1, 0.15) is 12.0 Å². The molecule has 106 valence electrons. The number of benzene rings is 2. The fourth-order valence-electron chi connectivity index (χ4n) is 2.36. The second-order valence-corrected chi connectivity index (χ2v) is 4.65. The SMILES string of the molecule is O=C(Oc1ccccc1)N1CCC(=NO)c2ccccc21. The number of carbonyl (C=O) groups is 1. The summed E-state index contributed by atoms with van der Waals surface area (Å²) in [5.41, 5.74) is 2.02. The predicted octanol–water partition coefficient (Wildman–Crippen LogP) is 3.27. The van der Waals surface area contributed by atoms with Gasteiger partial charge in [-0.2, -0.15) is 0 Å². The minimum atomic E-state index is -0.439. The van der Waals surface area contributed by atoms with E-state index in [0.29, 0.717) is 30.1 Å². The Kier molecular flexibility index (Phi) is 3.55. The van der Waals surface area contributed by atoms with Crippen LogP contribution in [0.15, 0.2) is 59.8 Å². The third-order valence-corrected chi connectivity index (χ3v) is 3.37. The van der Waals surface area contributed by atoms with Gasteiger partial charge in [-0.25, -0.2) is 4.79 Å². The Hall–Kier alpha value is -2.82. The van der Waals surface area contributed by atoms with Crippen molar-refractivity contribution < 1.29 is 14.7 Å². The van der Waals surface area contributed by atoms with Crippen LogP contribution >= 0.6 is 0 Å². The molecule has 1 N–H and O–H groups in total. The van der Waals surface area contributed by atoms with Gasteiger partial charge in [-0.05, 0) is 18.2 Å². The molecule has 1 heterocycles. The van der Waals surface area contributed by atoms with E-state index in [1.54, 1.807) is 17.0 Å². The molecule has 2 aromatic rings. The monoisotopic (exact) mass is 282 g/mol. The van der Waals surface area contributed by atoms with Crippen molar-refractivity contribution in [1.29, 1.82) is 0 Å². The molecule has 0 aromatic heterocycles. The second kappa shape index (κ2) is 5.66. The van der Waals surface area contributed by atoms with Crippen molar-refractivity contribution in [3.8, 4) is 5.75 Å². The van der Waals surface area contributed by atoms with Gasteiger partial charge in [-0.1, -0.05) is 41.6 Å². The first-order chi connectivity index (χ1) is 10.3. The van der Waals surface area contributed by atoms with Crippen LogP contribution in [0.2, 0.25) is 0 Å². The van der Waals surface area contributed by atoms with E-state index < -0.39 is 6.09 Å². The lowest BCUT2D eigenvalue weighted by atomic mass is 10.0. The summed E-state index contributed by atoms with van der Waals surface area (Å²) >= 11 is 0. The minimum Gasteiger partial charge on any atom is -0.411 e. The van der Waals surface area contributed by atoms with Crippen molar-refractivity contribution >= 4 is 17.5 Å². The predicted molar refractivity (Wildman–Crippen MR) is 79.2 cm³/mol. The Labute approximate surface area is 122 Å². The number of oxime groups is 1. The fourth-order valence-corrected chi connectivity index (χ4v) is 2.36. The van der Waals surface area contributed by atoms with E-state index in [0.717, 1.165) is 5.56 Å². The van der Waals surface area contributed by atoms with Crippen LogP contribution in [-0.4, -0.2) is 23.6 Å². The van der Waals surface area contributed by atoms with Gasteiger partial charge in [0.05, 0.1) is 11.4 Å². The average molecular weight is 282 g/mol. The van der Waals surface area contributed by atoms with Crippen LogP contribution in [0.5, 0.6) is 5.75 Å². The normalized spacial score (nSPS) is 15.6. The summed E-state index contributed by atoms with van der Waals surface area (Å²) in [5.74, 6) is 0.501. The molecule has 0 spiro atoms. The molecular weight excluding hydrogens is 268 g/mol. The van der Waals surface area contributed by atoms with E-state index in [2.05, 4.69) is 5.16 Å². The summed E-state index contributed by atoms with van der Waals surface area (Å²) in [6, 6.07) is 16.3. The molecule has 0 unspecified atom stereocenters. The molecule has 0 saturated carbocycles. The molecule has 0 bridgehead atoms. The lowest BCUT2D eigenvalue weighted by molar-refractivity contribution is 0.207. The molecule has 5 nitrogen and oxygen atoms in total. The zero-order chi connectivity index (χ0) is 14.7. The van der Waals surface area contributed by atoms with Gasteiger partial charge in [0.15, 0.2) is 0 Å². The van der Waals surface area contributed by atoms with Crippen molar-refractivity contribution in [2.45, 2.75) is 6.42 Å². The van der Waals surface area contributed by atoms with Gasteiger partial charge in [0.1, 0.15) is 5.75 Å². The molecule has 1 aliphatic heterocycles. The lowest BCUT2D eigenvalue weighted by Crippen LogP contribution is -2.39. The van der Waals surface area contributed by atoms with Gasteiger partial charge in [-0.3, -0.25) is 4.90 Å². The van der Waals surface area contributed by atoms with Crippen molar-refractivity contribution in [2.24, 2.45) is 5.16 Å². The molecule has 21 heavy (non-hydrogen) atoms. The van der Waals surface area contributed by atoms with E-state index in [1.807, 2.05) is 42.5 Å². The molecular formula is C16H14N2O3. The zero-order valence-electron chi connectivity index (χ0n) is 11.3. The molecule has 0 aliphatic carbocycles. The van der Waals surface area contributed by atoms with E-state index in [4.69, 9.17) is 9.94 Å². The van der Waals surface area contributed by atoms with Gasteiger partial charge in [0.25, 0.3) is 0 Å². The van der Waals surface area contributed by atoms with Crippen molar-refractivity contribution in [1.82, 2.24) is 0 Å². The topological polar surface area (TPSA) is 62.1 Å². The van der Waals surface area contributed by atoms with Gasteiger partial charge in [0, 0.05) is 18.5 Å². The number of amides is 1. The molecule has 1 aliphatic rings. The van der Waals surface area contributed by atoms with Gasteiger partial charge in [-0.15, -0.1) is 0 Å². The molecule has 1 amide bonds. The summed E-state index contributed by atoms with van der Waals surface area (Å²) in [6.07, 6.45) is 0.0443. The minimum absolute atomic E-state index is 0.419. The Morgan fingerprint density at radius 2 is 1.81 bits per heavy atom. The summed E-state index contributed by atoms with van der Waals surface area (Å²) in [7, 11) is 0. The Morgan fingerprint density at radius 1 is 1.10 bits per heavy atom. The second-order valence-electron chi connectivity index (χ2n) is 4.65. The first kappa shape index (κ1) is 13.2. The number of fused-ring (bicyclic) bond motifs is 1. The van der Waals surface area contributed by atoms with E-state index in [-0.39, 0.29) is 0 Å². The Bertz CT molecular complexity index is 683. The summed E-state index contributed by atoms with van der Waals surface area (Å²) in [4.78, 5) is 13.9. The maximum atomic E-state index is 12.3. The van der Waals surface area contributed by atoms with Crippen molar-refractivity contribution in [2.75, 3.05) is 11.4 Å². The number of para-hydroxylation sites is 2. The van der Waals surface area contributed by atoms with Crippen molar-refractivity contribution in [3.63, 3.8) is 0 Å². The number of carbonyl (C=O) groups excluding carboxylic acids is 1. The van der Waals surface area contributed by atoms with Gasteiger partial charge < -0.3 is 9.94 Å². The Morgan fingerprint density at radius 3 is 2.57 bits per heavy atom. The highest BCUT2D eigenvalue weighted by Crippen LogP contribution is 2.28. The smallest absolute Gasteiger partial charge is 0.411 e.